The topological polar surface area (TPSA) is 82.6 Å². The lowest BCUT2D eigenvalue weighted by atomic mass is 9.93. The van der Waals surface area contributed by atoms with Crippen LogP contribution in [0.3, 0.4) is 0 Å². The molecule has 3 rings (SSSR count). The third-order valence-electron chi connectivity index (χ3n) is 5.43. The first-order chi connectivity index (χ1) is 14.9. The predicted octanol–water partition coefficient (Wildman–Crippen LogP) is 3.91. The van der Waals surface area contributed by atoms with Crippen LogP contribution in [0.15, 0.2) is 77.2 Å². The molecule has 2 bridgehead atoms. The number of amides is 2. The Morgan fingerprint density at radius 3 is 2.48 bits per heavy atom. The van der Waals surface area contributed by atoms with Crippen molar-refractivity contribution in [1.29, 1.82) is 0 Å². The SMILES string of the molecule is CN/C=C/C=C(\C=C(/C)N=Cc1ccc(NC(=O)C2CC3C=CC2C3)cc1)NC(C)=O. The fourth-order valence-corrected chi connectivity index (χ4v) is 3.99. The Balaban J connectivity index is 1.58. The molecule has 3 N–H and O–H groups in total. The first-order valence-corrected chi connectivity index (χ1v) is 10.6. The molecule has 1 aromatic rings. The minimum absolute atomic E-state index is 0.0952. The third-order valence-corrected chi connectivity index (χ3v) is 5.43. The molecule has 1 saturated carbocycles. The van der Waals surface area contributed by atoms with Gasteiger partial charge in [0.15, 0.2) is 0 Å². The van der Waals surface area contributed by atoms with Gasteiger partial charge in [0.25, 0.3) is 0 Å². The zero-order valence-electron chi connectivity index (χ0n) is 18.3. The summed E-state index contributed by atoms with van der Waals surface area (Å²) in [7, 11) is 1.81. The van der Waals surface area contributed by atoms with Crippen molar-refractivity contribution in [3.63, 3.8) is 0 Å². The number of hydrogen-bond donors (Lipinski definition) is 3. The van der Waals surface area contributed by atoms with Crippen LogP contribution in [0.25, 0.3) is 0 Å². The van der Waals surface area contributed by atoms with E-state index in [0.717, 1.165) is 29.8 Å². The highest BCUT2D eigenvalue weighted by Crippen LogP contribution is 2.43. The summed E-state index contributed by atoms with van der Waals surface area (Å²) in [4.78, 5) is 28.4. The standard InChI is InChI=1S/C25H30N4O2/c1-17(13-23(28-18(2)30)5-4-12-26-3)27-16-19-7-10-22(11-8-19)29-25(31)24-15-20-6-9-21(24)14-20/h4-13,16,20-21,24,26H,14-15H2,1-3H3,(H,28,30)(H,29,31)/b12-4+,17-13+,23-5+,27-16?. The van der Waals surface area contributed by atoms with Crippen LogP contribution in [-0.4, -0.2) is 25.1 Å². The molecular weight excluding hydrogens is 388 g/mol. The Hall–Kier alpha value is -3.41. The molecule has 6 nitrogen and oxygen atoms in total. The summed E-state index contributed by atoms with van der Waals surface area (Å²) < 4.78 is 0. The van der Waals surface area contributed by atoms with Crippen LogP contribution in [0.1, 0.15) is 32.3 Å². The molecule has 1 aromatic carbocycles. The Morgan fingerprint density at radius 1 is 1.10 bits per heavy atom. The number of benzene rings is 1. The van der Waals surface area contributed by atoms with Crippen molar-refractivity contribution >= 4 is 23.7 Å². The molecule has 0 saturated heterocycles. The van der Waals surface area contributed by atoms with E-state index >= 15 is 0 Å². The smallest absolute Gasteiger partial charge is 0.228 e. The molecule has 0 heterocycles. The van der Waals surface area contributed by atoms with Crippen LogP contribution >= 0.6 is 0 Å². The zero-order chi connectivity index (χ0) is 22.2. The lowest BCUT2D eigenvalue weighted by Gasteiger charge is -2.17. The van der Waals surface area contributed by atoms with Crippen LogP contribution in [0, 0.1) is 17.8 Å². The summed E-state index contributed by atoms with van der Waals surface area (Å²) >= 11 is 0. The van der Waals surface area contributed by atoms with Crippen molar-refractivity contribution in [3.05, 3.63) is 77.8 Å². The third kappa shape index (κ3) is 6.54. The molecule has 3 atom stereocenters. The van der Waals surface area contributed by atoms with Gasteiger partial charge in [-0.2, -0.15) is 0 Å². The number of nitrogens with zero attached hydrogens (tertiary/aromatic N) is 1. The second-order valence-electron chi connectivity index (χ2n) is 7.99. The fourth-order valence-electron chi connectivity index (χ4n) is 3.99. The summed E-state index contributed by atoms with van der Waals surface area (Å²) in [6.07, 6.45) is 15.4. The van der Waals surface area contributed by atoms with E-state index in [2.05, 4.69) is 33.1 Å². The quantitative estimate of drug-likeness (QED) is 0.340. The maximum atomic E-state index is 12.6. The van der Waals surface area contributed by atoms with Crippen molar-refractivity contribution in [3.8, 4) is 0 Å². The summed E-state index contributed by atoms with van der Waals surface area (Å²) in [6.45, 7) is 3.34. The summed E-state index contributed by atoms with van der Waals surface area (Å²) in [5.74, 6) is 1.04. The zero-order valence-corrected chi connectivity index (χ0v) is 18.3. The molecule has 2 aliphatic carbocycles. The lowest BCUT2D eigenvalue weighted by Crippen LogP contribution is -2.25. The van der Waals surface area contributed by atoms with Crippen molar-refractivity contribution < 1.29 is 9.59 Å². The number of fused-ring (bicyclic) bond motifs is 2. The van der Waals surface area contributed by atoms with Crippen LogP contribution < -0.4 is 16.0 Å². The van der Waals surface area contributed by atoms with E-state index in [0.29, 0.717) is 17.5 Å². The number of aliphatic imine (C=N–C) groups is 1. The van der Waals surface area contributed by atoms with E-state index in [1.54, 1.807) is 37.7 Å². The Kier molecular flexibility index (Phi) is 7.60. The molecule has 2 amide bonds. The molecule has 1 fully saturated rings. The van der Waals surface area contributed by atoms with Gasteiger partial charge in [-0.25, -0.2) is 0 Å². The molecule has 0 aromatic heterocycles. The molecule has 31 heavy (non-hydrogen) atoms. The van der Waals surface area contributed by atoms with E-state index in [1.165, 1.54) is 6.92 Å². The summed E-state index contributed by atoms with van der Waals surface area (Å²) in [5.41, 5.74) is 3.13. The molecule has 0 radical (unpaired) electrons. The Morgan fingerprint density at radius 2 is 1.87 bits per heavy atom. The van der Waals surface area contributed by atoms with Crippen LogP contribution in [0.2, 0.25) is 0 Å². The lowest BCUT2D eigenvalue weighted by molar-refractivity contribution is -0.120. The van der Waals surface area contributed by atoms with E-state index in [9.17, 15) is 9.59 Å². The van der Waals surface area contributed by atoms with Gasteiger partial charge in [0.05, 0.1) is 0 Å². The monoisotopic (exact) mass is 418 g/mol. The molecule has 0 aliphatic heterocycles. The number of carbonyl (C=O) groups excluding carboxylic acids is 2. The number of rotatable bonds is 8. The molecule has 0 spiro atoms. The summed E-state index contributed by atoms with van der Waals surface area (Å²) in [5, 5.41) is 8.71. The van der Waals surface area contributed by atoms with E-state index in [-0.39, 0.29) is 17.7 Å². The van der Waals surface area contributed by atoms with Crippen molar-refractivity contribution in [2.75, 3.05) is 12.4 Å². The van der Waals surface area contributed by atoms with Gasteiger partial charge in [0.1, 0.15) is 0 Å². The predicted molar refractivity (Wildman–Crippen MR) is 125 cm³/mol. The van der Waals surface area contributed by atoms with Crippen molar-refractivity contribution in [2.24, 2.45) is 22.7 Å². The minimum Gasteiger partial charge on any atom is -0.394 e. The van der Waals surface area contributed by atoms with Gasteiger partial charge in [0.2, 0.25) is 11.8 Å². The Bertz CT molecular complexity index is 954. The molecule has 3 unspecified atom stereocenters. The second-order valence-corrected chi connectivity index (χ2v) is 7.99. The number of carbonyl (C=O) groups is 2. The average Bonchev–Trinajstić information content (AvgIpc) is 3.37. The number of anilines is 1. The second kappa shape index (κ2) is 10.6. The maximum Gasteiger partial charge on any atom is 0.228 e. The van der Waals surface area contributed by atoms with Gasteiger partial charge >= 0.3 is 0 Å². The molecule has 6 heteroatoms. The van der Waals surface area contributed by atoms with Gasteiger partial charge < -0.3 is 16.0 Å². The Labute approximate surface area is 183 Å². The highest BCUT2D eigenvalue weighted by Gasteiger charge is 2.39. The van der Waals surface area contributed by atoms with Crippen LogP contribution in [-0.2, 0) is 9.59 Å². The van der Waals surface area contributed by atoms with E-state index < -0.39 is 0 Å². The number of allylic oxidation sites excluding steroid dienone is 6. The normalized spacial score (nSPS) is 23.0. The van der Waals surface area contributed by atoms with E-state index in [1.807, 2.05) is 31.2 Å². The highest BCUT2D eigenvalue weighted by atomic mass is 16.2. The molecule has 2 aliphatic rings. The first kappa shape index (κ1) is 22.3. The average molecular weight is 419 g/mol. The minimum atomic E-state index is -0.142. The van der Waals surface area contributed by atoms with Gasteiger partial charge in [-0.1, -0.05) is 24.3 Å². The molecular formula is C25H30N4O2. The fraction of sp³-hybridized carbons (Fsp3) is 0.320. The van der Waals surface area contributed by atoms with Gasteiger partial charge in [-0.3, -0.25) is 14.6 Å². The van der Waals surface area contributed by atoms with Gasteiger partial charge in [0, 0.05) is 43.2 Å². The highest BCUT2D eigenvalue weighted by molar-refractivity contribution is 5.93. The van der Waals surface area contributed by atoms with Crippen LogP contribution in [0.5, 0.6) is 0 Å². The summed E-state index contributed by atoms with van der Waals surface area (Å²) in [6, 6.07) is 7.64. The maximum absolute atomic E-state index is 12.6. The first-order valence-electron chi connectivity index (χ1n) is 10.6. The van der Waals surface area contributed by atoms with Crippen LogP contribution in [0.4, 0.5) is 5.69 Å². The number of nitrogens with one attached hydrogen (secondary N) is 3. The van der Waals surface area contributed by atoms with Crippen molar-refractivity contribution in [2.45, 2.75) is 26.7 Å². The molecule has 162 valence electrons. The number of hydrogen-bond acceptors (Lipinski definition) is 4. The van der Waals surface area contributed by atoms with Gasteiger partial charge in [-0.15, -0.1) is 0 Å². The van der Waals surface area contributed by atoms with Gasteiger partial charge in [-0.05, 0) is 73.7 Å². The van der Waals surface area contributed by atoms with Crippen molar-refractivity contribution in [1.82, 2.24) is 10.6 Å². The van der Waals surface area contributed by atoms with E-state index in [4.69, 9.17) is 0 Å². The largest absolute Gasteiger partial charge is 0.394 e.